The van der Waals surface area contributed by atoms with Crippen molar-refractivity contribution in [3.8, 4) is 6.07 Å². The zero-order valence-corrected chi connectivity index (χ0v) is 13.3. The smallest absolute Gasteiger partial charge is 0.224 e. The number of hydrogen-bond donors (Lipinski definition) is 2. The maximum Gasteiger partial charge on any atom is 0.224 e. The van der Waals surface area contributed by atoms with Crippen LogP contribution in [0.15, 0.2) is 24.3 Å². The van der Waals surface area contributed by atoms with Crippen LogP contribution >= 0.6 is 0 Å². The summed E-state index contributed by atoms with van der Waals surface area (Å²) in [5, 5.41) is 11.8. The monoisotopic (exact) mass is 287 g/mol. The third-order valence-electron chi connectivity index (χ3n) is 3.41. The van der Waals surface area contributed by atoms with Crippen LogP contribution in [0.25, 0.3) is 0 Å². The van der Waals surface area contributed by atoms with Gasteiger partial charge in [-0.05, 0) is 36.5 Å². The van der Waals surface area contributed by atoms with Crippen molar-refractivity contribution in [2.24, 2.45) is 17.1 Å². The number of rotatable bonds is 5. The van der Waals surface area contributed by atoms with Gasteiger partial charge in [-0.3, -0.25) is 4.79 Å². The number of amides is 1. The maximum atomic E-state index is 12.3. The second-order valence-corrected chi connectivity index (χ2v) is 6.66. The molecule has 0 saturated carbocycles. The van der Waals surface area contributed by atoms with E-state index in [0.29, 0.717) is 12.1 Å². The molecule has 0 heterocycles. The molecule has 1 amide bonds. The van der Waals surface area contributed by atoms with Gasteiger partial charge in [0.05, 0.1) is 23.6 Å². The number of nitrogens with zero attached hydrogens (tertiary/aromatic N) is 1. The second-order valence-electron chi connectivity index (χ2n) is 6.66. The molecular formula is C17H25N3O. The Morgan fingerprint density at radius 1 is 1.33 bits per heavy atom. The van der Waals surface area contributed by atoms with Crippen LogP contribution in [0.2, 0.25) is 0 Å². The Morgan fingerprint density at radius 3 is 2.33 bits per heavy atom. The number of nitriles is 1. The van der Waals surface area contributed by atoms with Crippen LogP contribution in [0.3, 0.4) is 0 Å². The Bertz CT molecular complexity index is 508. The Labute approximate surface area is 127 Å². The Kier molecular flexibility index (Phi) is 5.92. The first-order chi connectivity index (χ1) is 9.76. The van der Waals surface area contributed by atoms with E-state index in [1.807, 2.05) is 19.1 Å². The largest absolute Gasteiger partial charge is 0.349 e. The standard InChI is InChI=1S/C17H25N3O/c1-12(14-7-5-13(10-18)6-8-14)20-16(21)15(11-19)9-17(2,3)4/h5-8,12,15H,9,11,19H2,1-4H3,(H,20,21). The third kappa shape index (κ3) is 5.57. The Hall–Kier alpha value is -1.86. The predicted molar refractivity (Wildman–Crippen MR) is 84.3 cm³/mol. The number of nitrogens with one attached hydrogen (secondary N) is 1. The highest BCUT2D eigenvalue weighted by atomic mass is 16.1. The zero-order chi connectivity index (χ0) is 16.0. The lowest BCUT2D eigenvalue weighted by atomic mass is 9.84. The van der Waals surface area contributed by atoms with Crippen LogP contribution < -0.4 is 11.1 Å². The number of benzene rings is 1. The molecule has 3 N–H and O–H groups in total. The van der Waals surface area contributed by atoms with Gasteiger partial charge in [0.25, 0.3) is 0 Å². The van der Waals surface area contributed by atoms with E-state index in [4.69, 9.17) is 11.0 Å². The zero-order valence-electron chi connectivity index (χ0n) is 13.3. The molecule has 0 fully saturated rings. The molecule has 21 heavy (non-hydrogen) atoms. The van der Waals surface area contributed by atoms with Crippen molar-refractivity contribution in [1.82, 2.24) is 5.32 Å². The Morgan fingerprint density at radius 2 is 1.90 bits per heavy atom. The molecule has 0 aliphatic rings. The van der Waals surface area contributed by atoms with Crippen molar-refractivity contribution in [3.05, 3.63) is 35.4 Å². The number of carbonyl (C=O) groups excluding carboxylic acids is 1. The first kappa shape index (κ1) is 17.2. The van der Waals surface area contributed by atoms with Crippen molar-refractivity contribution in [2.45, 2.75) is 40.2 Å². The van der Waals surface area contributed by atoms with E-state index in [9.17, 15) is 4.79 Å². The van der Waals surface area contributed by atoms with Crippen molar-refractivity contribution in [1.29, 1.82) is 5.26 Å². The fourth-order valence-corrected chi connectivity index (χ4v) is 2.28. The summed E-state index contributed by atoms with van der Waals surface area (Å²) < 4.78 is 0. The first-order valence-electron chi connectivity index (χ1n) is 7.27. The molecule has 0 aromatic heterocycles. The SMILES string of the molecule is CC(NC(=O)C(CN)CC(C)(C)C)c1ccc(C#N)cc1. The van der Waals surface area contributed by atoms with E-state index in [1.165, 1.54) is 0 Å². The summed E-state index contributed by atoms with van der Waals surface area (Å²) in [6, 6.07) is 9.23. The minimum absolute atomic E-state index is 0.00992. The number of hydrogen-bond acceptors (Lipinski definition) is 3. The van der Waals surface area contributed by atoms with Gasteiger partial charge in [-0.2, -0.15) is 5.26 Å². The lowest BCUT2D eigenvalue weighted by molar-refractivity contribution is -0.126. The van der Waals surface area contributed by atoms with Gasteiger partial charge >= 0.3 is 0 Å². The van der Waals surface area contributed by atoms with Crippen molar-refractivity contribution in [3.63, 3.8) is 0 Å². The molecule has 0 saturated heterocycles. The van der Waals surface area contributed by atoms with Crippen LogP contribution in [-0.4, -0.2) is 12.5 Å². The van der Waals surface area contributed by atoms with Crippen molar-refractivity contribution >= 4 is 5.91 Å². The molecule has 0 radical (unpaired) electrons. The molecule has 1 aromatic carbocycles. The van der Waals surface area contributed by atoms with E-state index in [1.54, 1.807) is 12.1 Å². The summed E-state index contributed by atoms with van der Waals surface area (Å²) in [5.41, 5.74) is 7.40. The van der Waals surface area contributed by atoms with E-state index >= 15 is 0 Å². The topological polar surface area (TPSA) is 78.9 Å². The fourth-order valence-electron chi connectivity index (χ4n) is 2.28. The highest BCUT2D eigenvalue weighted by Gasteiger charge is 2.24. The first-order valence-corrected chi connectivity index (χ1v) is 7.27. The lowest BCUT2D eigenvalue weighted by Crippen LogP contribution is -2.38. The van der Waals surface area contributed by atoms with Gasteiger partial charge in [0.1, 0.15) is 0 Å². The van der Waals surface area contributed by atoms with E-state index in [-0.39, 0.29) is 23.3 Å². The van der Waals surface area contributed by atoms with Gasteiger partial charge in [0.15, 0.2) is 0 Å². The van der Waals surface area contributed by atoms with E-state index < -0.39 is 0 Å². The van der Waals surface area contributed by atoms with Crippen LogP contribution in [-0.2, 0) is 4.79 Å². The summed E-state index contributed by atoms with van der Waals surface area (Å²) in [7, 11) is 0. The lowest BCUT2D eigenvalue weighted by Gasteiger charge is -2.26. The number of carbonyl (C=O) groups is 1. The molecule has 4 nitrogen and oxygen atoms in total. The average Bonchev–Trinajstić information content (AvgIpc) is 2.43. The molecule has 0 spiro atoms. The molecule has 4 heteroatoms. The highest BCUT2D eigenvalue weighted by Crippen LogP contribution is 2.24. The molecule has 114 valence electrons. The fraction of sp³-hybridized carbons (Fsp3) is 0.529. The quantitative estimate of drug-likeness (QED) is 0.874. The van der Waals surface area contributed by atoms with Gasteiger partial charge < -0.3 is 11.1 Å². The van der Waals surface area contributed by atoms with Gasteiger partial charge in [0, 0.05) is 6.54 Å². The highest BCUT2D eigenvalue weighted by molar-refractivity contribution is 5.79. The van der Waals surface area contributed by atoms with Gasteiger partial charge in [-0.15, -0.1) is 0 Å². The summed E-state index contributed by atoms with van der Waals surface area (Å²) in [6.07, 6.45) is 0.759. The van der Waals surface area contributed by atoms with Gasteiger partial charge in [-0.1, -0.05) is 32.9 Å². The normalized spacial score (nSPS) is 14.1. The van der Waals surface area contributed by atoms with E-state index in [2.05, 4.69) is 32.2 Å². The molecule has 0 aliphatic carbocycles. The molecule has 2 atom stereocenters. The molecule has 1 rings (SSSR count). The number of nitrogens with two attached hydrogens (primary N) is 1. The average molecular weight is 287 g/mol. The summed E-state index contributed by atoms with van der Waals surface area (Å²) in [5.74, 6) is -0.185. The minimum Gasteiger partial charge on any atom is -0.349 e. The maximum absolute atomic E-state index is 12.3. The van der Waals surface area contributed by atoms with Crippen LogP contribution in [0.5, 0.6) is 0 Å². The van der Waals surface area contributed by atoms with Crippen molar-refractivity contribution in [2.75, 3.05) is 6.54 Å². The molecule has 2 unspecified atom stereocenters. The Balaban J connectivity index is 2.69. The molecule has 0 aliphatic heterocycles. The predicted octanol–water partition coefficient (Wildman–Crippen LogP) is 2.75. The van der Waals surface area contributed by atoms with Crippen LogP contribution in [0, 0.1) is 22.7 Å². The molecular weight excluding hydrogens is 262 g/mol. The summed E-state index contributed by atoms with van der Waals surface area (Å²) in [4.78, 5) is 12.3. The van der Waals surface area contributed by atoms with Crippen molar-refractivity contribution < 1.29 is 4.79 Å². The van der Waals surface area contributed by atoms with E-state index in [0.717, 1.165) is 12.0 Å². The second kappa shape index (κ2) is 7.24. The minimum atomic E-state index is -0.175. The third-order valence-corrected chi connectivity index (χ3v) is 3.41. The van der Waals surface area contributed by atoms with Crippen LogP contribution in [0.4, 0.5) is 0 Å². The van der Waals surface area contributed by atoms with Crippen LogP contribution in [0.1, 0.15) is 51.3 Å². The molecule has 1 aromatic rings. The molecule has 0 bridgehead atoms. The summed E-state index contributed by atoms with van der Waals surface area (Å²) >= 11 is 0. The van der Waals surface area contributed by atoms with Gasteiger partial charge in [0.2, 0.25) is 5.91 Å². The van der Waals surface area contributed by atoms with Gasteiger partial charge in [-0.25, -0.2) is 0 Å². The summed E-state index contributed by atoms with van der Waals surface area (Å²) in [6.45, 7) is 8.60.